The van der Waals surface area contributed by atoms with Crippen molar-refractivity contribution in [2.45, 2.75) is 50.5 Å². The van der Waals surface area contributed by atoms with Gasteiger partial charge >= 0.3 is 5.97 Å². The zero-order valence-electron chi connectivity index (χ0n) is 9.47. The van der Waals surface area contributed by atoms with E-state index in [-0.39, 0.29) is 6.61 Å². The number of aliphatic hydroxyl groups excluding tert-OH is 1. The van der Waals surface area contributed by atoms with Crippen molar-refractivity contribution in [2.24, 2.45) is 0 Å². The summed E-state index contributed by atoms with van der Waals surface area (Å²) in [5, 5.41) is 19.1. The quantitative estimate of drug-likeness (QED) is 0.574. The SMILES string of the molecule is CC1(C)O[C@H]2[C@@H](CO)OC(=O)[C@](C)(O)[C@H]2O1. The molecule has 0 saturated carbocycles. The molecule has 6 nitrogen and oxygen atoms in total. The average Bonchev–Trinajstić information content (AvgIpc) is 2.49. The van der Waals surface area contributed by atoms with Crippen LogP contribution in [0.3, 0.4) is 0 Å². The van der Waals surface area contributed by atoms with E-state index in [2.05, 4.69) is 0 Å². The molecular weight excluding hydrogens is 216 g/mol. The summed E-state index contributed by atoms with van der Waals surface area (Å²) in [6.45, 7) is 4.33. The second-order valence-corrected chi connectivity index (χ2v) is 4.79. The highest BCUT2D eigenvalue weighted by Crippen LogP contribution is 2.39. The van der Waals surface area contributed by atoms with Gasteiger partial charge in [-0.1, -0.05) is 0 Å². The molecule has 0 bridgehead atoms. The standard InChI is InChI=1S/C10H16O6/c1-9(2)15-6-5(4-11)14-8(12)10(3,13)7(6)16-9/h5-7,11,13H,4H2,1-3H3/t5-,6+,7+,10-/m1/s1. The van der Waals surface area contributed by atoms with Crippen LogP contribution < -0.4 is 0 Å². The highest BCUT2D eigenvalue weighted by molar-refractivity contribution is 5.81. The van der Waals surface area contributed by atoms with Gasteiger partial charge in [0.15, 0.2) is 17.5 Å². The third kappa shape index (κ3) is 1.62. The minimum Gasteiger partial charge on any atom is -0.455 e. The van der Waals surface area contributed by atoms with Gasteiger partial charge in [-0.3, -0.25) is 0 Å². The molecule has 6 heteroatoms. The van der Waals surface area contributed by atoms with Crippen LogP contribution in [0.4, 0.5) is 0 Å². The Morgan fingerprint density at radius 1 is 1.31 bits per heavy atom. The first-order chi connectivity index (χ1) is 7.28. The lowest BCUT2D eigenvalue weighted by molar-refractivity contribution is -0.209. The summed E-state index contributed by atoms with van der Waals surface area (Å²) < 4.78 is 15.9. The molecule has 2 aliphatic heterocycles. The van der Waals surface area contributed by atoms with E-state index in [9.17, 15) is 9.90 Å². The number of hydrogen-bond acceptors (Lipinski definition) is 6. The molecule has 0 spiro atoms. The van der Waals surface area contributed by atoms with Crippen molar-refractivity contribution in [3.63, 3.8) is 0 Å². The van der Waals surface area contributed by atoms with Crippen LogP contribution in [0.15, 0.2) is 0 Å². The monoisotopic (exact) mass is 232 g/mol. The maximum atomic E-state index is 11.5. The van der Waals surface area contributed by atoms with E-state index in [4.69, 9.17) is 19.3 Å². The highest BCUT2D eigenvalue weighted by atomic mass is 16.8. The van der Waals surface area contributed by atoms with Gasteiger partial charge in [0.25, 0.3) is 0 Å². The van der Waals surface area contributed by atoms with Gasteiger partial charge in [-0.25, -0.2) is 4.79 Å². The summed E-state index contributed by atoms with van der Waals surface area (Å²) in [6, 6.07) is 0. The molecule has 2 fully saturated rings. The minimum absolute atomic E-state index is 0.359. The number of rotatable bonds is 1. The molecule has 0 radical (unpaired) electrons. The summed E-state index contributed by atoms with van der Waals surface area (Å²) in [5.74, 6) is -1.70. The molecule has 0 aromatic heterocycles. The van der Waals surface area contributed by atoms with Crippen LogP contribution in [0, 0.1) is 0 Å². The lowest BCUT2D eigenvalue weighted by Crippen LogP contribution is -2.62. The van der Waals surface area contributed by atoms with Crippen molar-refractivity contribution in [1.29, 1.82) is 0 Å². The van der Waals surface area contributed by atoms with Crippen molar-refractivity contribution >= 4 is 5.97 Å². The number of aliphatic hydroxyl groups is 2. The zero-order chi connectivity index (χ0) is 12.1. The van der Waals surface area contributed by atoms with E-state index >= 15 is 0 Å². The van der Waals surface area contributed by atoms with Crippen molar-refractivity contribution < 1.29 is 29.2 Å². The predicted molar refractivity (Wildman–Crippen MR) is 51.4 cm³/mol. The Morgan fingerprint density at radius 2 is 1.94 bits per heavy atom. The van der Waals surface area contributed by atoms with Crippen molar-refractivity contribution in [2.75, 3.05) is 6.61 Å². The average molecular weight is 232 g/mol. The third-order valence-corrected chi connectivity index (χ3v) is 2.90. The first-order valence-corrected chi connectivity index (χ1v) is 5.18. The molecule has 0 amide bonds. The normalized spacial score (nSPS) is 46.3. The fourth-order valence-electron chi connectivity index (χ4n) is 2.08. The Kier molecular flexibility index (Phi) is 2.50. The first-order valence-electron chi connectivity index (χ1n) is 5.18. The van der Waals surface area contributed by atoms with Gasteiger partial charge in [0.2, 0.25) is 0 Å². The molecule has 0 unspecified atom stereocenters. The van der Waals surface area contributed by atoms with Gasteiger partial charge < -0.3 is 24.4 Å². The molecule has 2 N–H and O–H groups in total. The summed E-state index contributed by atoms with van der Waals surface area (Å²) in [6.07, 6.45) is -2.26. The lowest BCUT2D eigenvalue weighted by Gasteiger charge is -2.38. The number of carbonyl (C=O) groups is 1. The summed E-state index contributed by atoms with van der Waals surface area (Å²) in [7, 11) is 0. The number of fused-ring (bicyclic) bond motifs is 1. The van der Waals surface area contributed by atoms with Gasteiger partial charge in [-0.15, -0.1) is 0 Å². The van der Waals surface area contributed by atoms with E-state index in [0.717, 1.165) is 0 Å². The maximum Gasteiger partial charge on any atom is 0.341 e. The van der Waals surface area contributed by atoms with Crippen molar-refractivity contribution in [3.05, 3.63) is 0 Å². The van der Waals surface area contributed by atoms with Gasteiger partial charge in [0, 0.05) is 0 Å². The van der Waals surface area contributed by atoms with E-state index in [1.165, 1.54) is 6.92 Å². The Bertz CT molecular complexity index is 310. The molecule has 2 aliphatic rings. The van der Waals surface area contributed by atoms with Crippen LogP contribution in [0.1, 0.15) is 20.8 Å². The second-order valence-electron chi connectivity index (χ2n) is 4.79. The largest absolute Gasteiger partial charge is 0.455 e. The molecule has 16 heavy (non-hydrogen) atoms. The zero-order valence-corrected chi connectivity index (χ0v) is 9.47. The Labute approximate surface area is 93.1 Å². The number of ether oxygens (including phenoxy) is 3. The molecule has 2 heterocycles. The fourth-order valence-corrected chi connectivity index (χ4v) is 2.08. The third-order valence-electron chi connectivity index (χ3n) is 2.90. The molecule has 2 rings (SSSR count). The molecule has 2 saturated heterocycles. The van der Waals surface area contributed by atoms with Crippen LogP contribution >= 0.6 is 0 Å². The predicted octanol–water partition coefficient (Wildman–Crippen LogP) is -0.825. The molecule has 0 aromatic carbocycles. The molecule has 4 atom stereocenters. The van der Waals surface area contributed by atoms with E-state index in [0.29, 0.717) is 0 Å². The Balaban J connectivity index is 2.31. The lowest BCUT2D eigenvalue weighted by atomic mass is 9.89. The topological polar surface area (TPSA) is 85.2 Å². The van der Waals surface area contributed by atoms with Crippen LogP contribution in [-0.4, -0.2) is 52.5 Å². The minimum atomic E-state index is -1.75. The number of carbonyl (C=O) groups excluding carboxylic acids is 1. The van der Waals surface area contributed by atoms with Gasteiger partial charge in [-0.2, -0.15) is 0 Å². The summed E-state index contributed by atoms with van der Waals surface area (Å²) in [4.78, 5) is 11.5. The molecule has 0 aliphatic carbocycles. The molecular formula is C10H16O6. The summed E-state index contributed by atoms with van der Waals surface area (Å²) >= 11 is 0. The second kappa shape index (κ2) is 3.40. The fraction of sp³-hybridized carbons (Fsp3) is 0.900. The van der Waals surface area contributed by atoms with E-state index in [1.54, 1.807) is 13.8 Å². The summed E-state index contributed by atoms with van der Waals surface area (Å²) in [5.41, 5.74) is -1.75. The van der Waals surface area contributed by atoms with Crippen molar-refractivity contribution in [1.82, 2.24) is 0 Å². The number of esters is 1. The van der Waals surface area contributed by atoms with E-state index < -0.39 is 35.7 Å². The van der Waals surface area contributed by atoms with Crippen LogP contribution in [0.2, 0.25) is 0 Å². The smallest absolute Gasteiger partial charge is 0.341 e. The Hall–Kier alpha value is -0.690. The number of cyclic esters (lactones) is 1. The first kappa shape index (κ1) is 11.8. The molecule has 0 aromatic rings. The molecule has 92 valence electrons. The van der Waals surface area contributed by atoms with E-state index in [1.807, 2.05) is 0 Å². The van der Waals surface area contributed by atoms with Gasteiger partial charge in [0.1, 0.15) is 12.2 Å². The van der Waals surface area contributed by atoms with Crippen LogP contribution in [0.5, 0.6) is 0 Å². The van der Waals surface area contributed by atoms with Gasteiger partial charge in [-0.05, 0) is 20.8 Å². The van der Waals surface area contributed by atoms with Gasteiger partial charge in [0.05, 0.1) is 6.61 Å². The van der Waals surface area contributed by atoms with Crippen LogP contribution in [-0.2, 0) is 19.0 Å². The Morgan fingerprint density at radius 3 is 2.50 bits per heavy atom. The van der Waals surface area contributed by atoms with Crippen LogP contribution in [0.25, 0.3) is 0 Å². The highest BCUT2D eigenvalue weighted by Gasteiger charge is 2.61. The van der Waals surface area contributed by atoms with Crippen molar-refractivity contribution in [3.8, 4) is 0 Å². The number of hydrogen-bond donors (Lipinski definition) is 2. The maximum absolute atomic E-state index is 11.5.